The Morgan fingerprint density at radius 1 is 1.10 bits per heavy atom. The van der Waals surface area contributed by atoms with Crippen molar-refractivity contribution < 1.29 is 13.9 Å². The van der Waals surface area contributed by atoms with Crippen LogP contribution in [0.15, 0.2) is 70.3 Å². The SMILES string of the molecule is COc1cc2cc(C(c3nnnn3C3CCCC3)N(Cc3cccnc3)Cc3ccco3)c(=O)[nH]c2cc1OC. The first-order valence-corrected chi connectivity index (χ1v) is 13.4. The molecule has 40 heavy (non-hydrogen) atoms. The van der Waals surface area contributed by atoms with Crippen molar-refractivity contribution in [2.24, 2.45) is 0 Å². The van der Waals surface area contributed by atoms with Crippen LogP contribution in [0.4, 0.5) is 0 Å². The summed E-state index contributed by atoms with van der Waals surface area (Å²) in [6, 6.07) is 12.8. The number of fused-ring (bicyclic) bond motifs is 1. The molecule has 1 N–H and O–H groups in total. The molecule has 0 radical (unpaired) electrons. The highest BCUT2D eigenvalue weighted by Gasteiger charge is 2.34. The van der Waals surface area contributed by atoms with Crippen LogP contribution in [0.3, 0.4) is 0 Å². The Hall–Kier alpha value is -4.51. The molecule has 206 valence electrons. The molecule has 6 rings (SSSR count). The smallest absolute Gasteiger partial charge is 0.253 e. The van der Waals surface area contributed by atoms with Gasteiger partial charge in [0, 0.05) is 36.0 Å². The van der Waals surface area contributed by atoms with Crippen LogP contribution in [-0.4, -0.2) is 49.3 Å². The van der Waals surface area contributed by atoms with Crippen molar-refractivity contribution in [1.82, 2.24) is 35.1 Å². The quantitative estimate of drug-likeness (QED) is 0.273. The number of tetrazole rings is 1. The summed E-state index contributed by atoms with van der Waals surface area (Å²) in [6.45, 7) is 0.910. The predicted molar refractivity (Wildman–Crippen MR) is 147 cm³/mol. The molecule has 4 aromatic heterocycles. The number of nitrogens with one attached hydrogen (secondary N) is 1. The fraction of sp³-hybridized carbons (Fsp3) is 0.345. The van der Waals surface area contributed by atoms with E-state index >= 15 is 0 Å². The number of nitrogens with zero attached hydrogens (tertiary/aromatic N) is 6. The zero-order valence-corrected chi connectivity index (χ0v) is 22.5. The van der Waals surface area contributed by atoms with E-state index in [1.165, 1.54) is 0 Å². The number of rotatable bonds is 10. The average Bonchev–Trinajstić information content (AvgIpc) is 3.77. The van der Waals surface area contributed by atoms with Crippen LogP contribution in [0.25, 0.3) is 10.9 Å². The third-order valence-corrected chi connectivity index (χ3v) is 7.52. The van der Waals surface area contributed by atoms with Gasteiger partial charge in [0.15, 0.2) is 17.3 Å². The molecular formula is C29H31N7O4. The fourth-order valence-electron chi connectivity index (χ4n) is 5.61. The predicted octanol–water partition coefficient (Wildman–Crippen LogP) is 4.43. The Morgan fingerprint density at radius 3 is 2.65 bits per heavy atom. The topological polar surface area (TPSA) is 124 Å². The maximum Gasteiger partial charge on any atom is 0.253 e. The van der Waals surface area contributed by atoms with Crippen LogP contribution in [0.1, 0.15) is 60.5 Å². The van der Waals surface area contributed by atoms with Gasteiger partial charge in [-0.25, -0.2) is 4.68 Å². The summed E-state index contributed by atoms with van der Waals surface area (Å²) in [5.74, 6) is 2.49. The zero-order valence-electron chi connectivity index (χ0n) is 22.5. The Kier molecular flexibility index (Phi) is 7.28. The number of pyridine rings is 2. The largest absolute Gasteiger partial charge is 0.493 e. The van der Waals surface area contributed by atoms with Crippen molar-refractivity contribution in [2.45, 2.75) is 50.9 Å². The van der Waals surface area contributed by atoms with Crippen molar-refractivity contribution in [3.05, 3.63) is 94.2 Å². The van der Waals surface area contributed by atoms with Crippen LogP contribution in [-0.2, 0) is 13.1 Å². The van der Waals surface area contributed by atoms with Crippen LogP contribution in [0.2, 0.25) is 0 Å². The van der Waals surface area contributed by atoms with Crippen molar-refractivity contribution in [3.8, 4) is 11.5 Å². The van der Waals surface area contributed by atoms with E-state index in [1.54, 1.807) is 32.7 Å². The molecule has 5 aromatic rings. The van der Waals surface area contributed by atoms with E-state index in [2.05, 4.69) is 30.4 Å². The summed E-state index contributed by atoms with van der Waals surface area (Å²) >= 11 is 0. The molecule has 11 nitrogen and oxygen atoms in total. The number of hydrogen-bond acceptors (Lipinski definition) is 9. The molecular weight excluding hydrogens is 510 g/mol. The number of benzene rings is 1. The highest BCUT2D eigenvalue weighted by molar-refractivity contribution is 5.83. The second-order valence-corrected chi connectivity index (χ2v) is 10.0. The number of hydrogen-bond donors (Lipinski definition) is 1. The molecule has 0 aliphatic heterocycles. The zero-order chi connectivity index (χ0) is 27.5. The van der Waals surface area contributed by atoms with Gasteiger partial charge in [-0.15, -0.1) is 5.10 Å². The number of ether oxygens (including phenoxy) is 2. The molecule has 1 saturated carbocycles. The van der Waals surface area contributed by atoms with Crippen LogP contribution in [0.5, 0.6) is 11.5 Å². The van der Waals surface area contributed by atoms with E-state index in [0.717, 1.165) is 42.4 Å². The molecule has 4 heterocycles. The van der Waals surface area contributed by atoms with Gasteiger partial charge in [-0.3, -0.25) is 14.7 Å². The van der Waals surface area contributed by atoms with Gasteiger partial charge in [0.2, 0.25) is 0 Å². The van der Waals surface area contributed by atoms with Crippen LogP contribution < -0.4 is 15.0 Å². The van der Waals surface area contributed by atoms with E-state index < -0.39 is 6.04 Å². The summed E-state index contributed by atoms with van der Waals surface area (Å²) in [5, 5.41) is 13.8. The number of methoxy groups -OCH3 is 2. The minimum Gasteiger partial charge on any atom is -0.493 e. The molecule has 1 atom stereocenters. The third kappa shape index (κ3) is 5.07. The van der Waals surface area contributed by atoms with E-state index in [0.29, 0.717) is 41.5 Å². The number of aromatic nitrogens is 6. The maximum atomic E-state index is 13.8. The Bertz CT molecular complexity index is 1630. The van der Waals surface area contributed by atoms with Gasteiger partial charge in [-0.05, 0) is 59.2 Å². The normalized spacial score (nSPS) is 14.7. The second kappa shape index (κ2) is 11.3. The van der Waals surface area contributed by atoms with E-state index in [9.17, 15) is 4.79 Å². The molecule has 0 bridgehead atoms. The van der Waals surface area contributed by atoms with Gasteiger partial charge in [-0.1, -0.05) is 18.9 Å². The van der Waals surface area contributed by atoms with E-state index in [-0.39, 0.29) is 11.6 Å². The molecule has 0 saturated heterocycles. The van der Waals surface area contributed by atoms with Gasteiger partial charge < -0.3 is 18.9 Å². The summed E-state index contributed by atoms with van der Waals surface area (Å²) in [7, 11) is 3.16. The first-order valence-electron chi connectivity index (χ1n) is 13.4. The first-order chi connectivity index (χ1) is 19.6. The summed E-state index contributed by atoms with van der Waals surface area (Å²) in [5.41, 5.74) is 1.92. The van der Waals surface area contributed by atoms with Gasteiger partial charge in [0.05, 0.1) is 38.6 Å². The minimum atomic E-state index is -0.581. The third-order valence-electron chi connectivity index (χ3n) is 7.52. The molecule has 11 heteroatoms. The summed E-state index contributed by atoms with van der Waals surface area (Å²) in [4.78, 5) is 23.4. The summed E-state index contributed by atoms with van der Waals surface area (Å²) < 4.78 is 18.7. The summed E-state index contributed by atoms with van der Waals surface area (Å²) in [6.07, 6.45) is 9.46. The van der Waals surface area contributed by atoms with E-state index in [1.807, 2.05) is 47.3 Å². The van der Waals surface area contributed by atoms with Crippen molar-refractivity contribution >= 4 is 10.9 Å². The Labute approximate surface area is 230 Å². The molecule has 1 unspecified atom stereocenters. The maximum absolute atomic E-state index is 13.8. The molecule has 1 fully saturated rings. The highest BCUT2D eigenvalue weighted by Crippen LogP contribution is 2.36. The fourth-order valence-corrected chi connectivity index (χ4v) is 5.61. The minimum absolute atomic E-state index is 0.181. The number of furan rings is 1. The van der Waals surface area contributed by atoms with Crippen molar-refractivity contribution in [3.63, 3.8) is 0 Å². The lowest BCUT2D eigenvalue weighted by Gasteiger charge is -2.31. The Balaban J connectivity index is 1.54. The molecule has 1 aliphatic rings. The molecule has 0 amide bonds. The molecule has 0 spiro atoms. The lowest BCUT2D eigenvalue weighted by atomic mass is 10.0. The Morgan fingerprint density at radius 2 is 1.93 bits per heavy atom. The van der Waals surface area contributed by atoms with E-state index in [4.69, 9.17) is 13.9 Å². The number of aromatic amines is 1. The van der Waals surface area contributed by atoms with Crippen molar-refractivity contribution in [2.75, 3.05) is 14.2 Å². The lowest BCUT2D eigenvalue weighted by Crippen LogP contribution is -2.35. The molecule has 1 aliphatic carbocycles. The first kappa shape index (κ1) is 25.8. The van der Waals surface area contributed by atoms with Gasteiger partial charge >= 0.3 is 0 Å². The van der Waals surface area contributed by atoms with Crippen molar-refractivity contribution in [1.29, 1.82) is 0 Å². The average molecular weight is 542 g/mol. The second-order valence-electron chi connectivity index (χ2n) is 10.0. The molecule has 1 aromatic carbocycles. The monoisotopic (exact) mass is 541 g/mol. The standard InChI is InChI=1S/C29H31N7O4/c1-38-25-14-20-13-23(29(37)31-24(20)15-26(25)39-2)27(28-32-33-34-36(28)21-8-3-4-9-21)35(18-22-10-6-12-40-22)17-19-7-5-11-30-16-19/h5-7,10-16,21,27H,3-4,8-9,17-18H2,1-2H3,(H,31,37). The highest BCUT2D eigenvalue weighted by atomic mass is 16.5. The lowest BCUT2D eigenvalue weighted by molar-refractivity contribution is 0.176. The van der Waals surface area contributed by atoms with Gasteiger partial charge in [-0.2, -0.15) is 0 Å². The van der Waals surface area contributed by atoms with Gasteiger partial charge in [0.25, 0.3) is 5.56 Å². The van der Waals surface area contributed by atoms with Crippen LogP contribution in [0, 0.1) is 0 Å². The van der Waals surface area contributed by atoms with Gasteiger partial charge in [0.1, 0.15) is 11.8 Å². The number of H-pyrrole nitrogens is 1. The van der Waals surface area contributed by atoms with Crippen LogP contribution >= 0.6 is 0 Å².